The van der Waals surface area contributed by atoms with Crippen LogP contribution in [-0.2, 0) is 0 Å². The van der Waals surface area contributed by atoms with Crippen molar-refractivity contribution in [2.24, 2.45) is 11.1 Å². The van der Waals surface area contributed by atoms with Gasteiger partial charge in [0.1, 0.15) is 5.75 Å². The first-order chi connectivity index (χ1) is 14.5. The zero-order chi connectivity index (χ0) is 22.2. The van der Waals surface area contributed by atoms with Gasteiger partial charge >= 0.3 is 0 Å². The molecule has 0 amide bonds. The Morgan fingerprint density at radius 3 is 1.70 bits per heavy atom. The average molecular weight is 418 g/mol. The monoisotopic (exact) mass is 417 g/mol. The number of hydrogen-bond donors (Lipinski definition) is 2. The van der Waals surface area contributed by atoms with Crippen LogP contribution in [0, 0.1) is 5.92 Å². The first-order valence-electron chi connectivity index (χ1n) is 12.5. The first-order valence-corrected chi connectivity index (χ1v) is 12.5. The van der Waals surface area contributed by atoms with Gasteiger partial charge in [-0.25, -0.2) is 0 Å². The van der Waals surface area contributed by atoms with Gasteiger partial charge in [-0.1, -0.05) is 116 Å². The average Bonchev–Trinajstić information content (AvgIpc) is 2.71. The standard InChI is InChI=1S/C27H47NO2/c1-22(2)17-15-13-11-9-7-5-6-8-10-12-14-16-18-26(28-30)25-20-19-24(23(3)4)21-27(25)29/h19-23,29-30H,5-18H2,1-4H3. The zero-order valence-corrected chi connectivity index (χ0v) is 20.1. The number of phenolic OH excluding ortho intramolecular Hbond substituents is 1. The minimum Gasteiger partial charge on any atom is -0.507 e. The summed E-state index contributed by atoms with van der Waals surface area (Å²) >= 11 is 0. The van der Waals surface area contributed by atoms with Crippen LogP contribution in [0.4, 0.5) is 0 Å². The van der Waals surface area contributed by atoms with Crippen molar-refractivity contribution >= 4 is 5.71 Å². The molecular formula is C27H47NO2. The van der Waals surface area contributed by atoms with Crippen LogP contribution in [0.1, 0.15) is 135 Å². The van der Waals surface area contributed by atoms with Gasteiger partial charge in [0.15, 0.2) is 0 Å². The highest BCUT2D eigenvalue weighted by atomic mass is 16.4. The van der Waals surface area contributed by atoms with Crippen molar-refractivity contribution in [3.8, 4) is 5.75 Å². The van der Waals surface area contributed by atoms with E-state index in [1.165, 1.54) is 70.6 Å². The minimum atomic E-state index is 0.217. The molecule has 0 saturated heterocycles. The molecule has 0 radical (unpaired) electrons. The second-order valence-corrected chi connectivity index (χ2v) is 9.65. The van der Waals surface area contributed by atoms with Crippen LogP contribution < -0.4 is 0 Å². The van der Waals surface area contributed by atoms with Gasteiger partial charge in [0.25, 0.3) is 0 Å². The van der Waals surface area contributed by atoms with Crippen LogP contribution in [0.5, 0.6) is 5.75 Å². The van der Waals surface area contributed by atoms with E-state index in [4.69, 9.17) is 0 Å². The highest BCUT2D eigenvalue weighted by Crippen LogP contribution is 2.26. The maximum atomic E-state index is 10.3. The van der Waals surface area contributed by atoms with E-state index in [0.717, 1.165) is 24.3 Å². The lowest BCUT2D eigenvalue weighted by atomic mass is 9.97. The maximum Gasteiger partial charge on any atom is 0.125 e. The van der Waals surface area contributed by atoms with E-state index in [0.29, 0.717) is 23.6 Å². The number of unbranched alkanes of at least 4 members (excludes halogenated alkanes) is 11. The van der Waals surface area contributed by atoms with Crippen LogP contribution >= 0.6 is 0 Å². The second kappa shape index (κ2) is 16.2. The van der Waals surface area contributed by atoms with Gasteiger partial charge in [-0.3, -0.25) is 0 Å². The van der Waals surface area contributed by atoms with E-state index in [9.17, 15) is 10.3 Å². The summed E-state index contributed by atoms with van der Waals surface area (Å²) in [5.74, 6) is 1.44. The van der Waals surface area contributed by atoms with Gasteiger partial charge in [0, 0.05) is 5.56 Å². The molecule has 0 aliphatic rings. The van der Waals surface area contributed by atoms with E-state index in [1.54, 1.807) is 6.07 Å². The smallest absolute Gasteiger partial charge is 0.125 e. The van der Waals surface area contributed by atoms with Crippen LogP contribution in [0.2, 0.25) is 0 Å². The molecule has 0 spiro atoms. The maximum absolute atomic E-state index is 10.3. The van der Waals surface area contributed by atoms with Crippen molar-refractivity contribution in [2.45, 2.75) is 124 Å². The quantitative estimate of drug-likeness (QED) is 0.115. The number of aromatic hydroxyl groups is 1. The Morgan fingerprint density at radius 2 is 1.27 bits per heavy atom. The summed E-state index contributed by atoms with van der Waals surface area (Å²) in [5.41, 5.74) is 2.35. The lowest BCUT2D eigenvalue weighted by Crippen LogP contribution is -2.02. The van der Waals surface area contributed by atoms with Crippen LogP contribution in [-0.4, -0.2) is 16.0 Å². The highest BCUT2D eigenvalue weighted by Gasteiger charge is 2.11. The molecule has 0 aliphatic heterocycles. The number of benzene rings is 1. The third kappa shape index (κ3) is 11.6. The van der Waals surface area contributed by atoms with Crippen LogP contribution in [0.25, 0.3) is 0 Å². The lowest BCUT2D eigenvalue weighted by Gasteiger charge is -2.11. The Hall–Kier alpha value is -1.51. The van der Waals surface area contributed by atoms with Gasteiger partial charge in [-0.15, -0.1) is 0 Å². The predicted molar refractivity (Wildman–Crippen MR) is 130 cm³/mol. The summed E-state index contributed by atoms with van der Waals surface area (Å²) in [5, 5.41) is 23.1. The zero-order valence-electron chi connectivity index (χ0n) is 20.1. The molecular weight excluding hydrogens is 370 g/mol. The summed E-state index contributed by atoms with van der Waals surface area (Å²) in [6.45, 7) is 8.83. The third-order valence-corrected chi connectivity index (χ3v) is 6.07. The van der Waals surface area contributed by atoms with Crippen molar-refractivity contribution in [3.05, 3.63) is 29.3 Å². The molecule has 0 saturated carbocycles. The molecule has 0 bridgehead atoms. The number of rotatable bonds is 17. The Morgan fingerprint density at radius 1 is 0.767 bits per heavy atom. The topological polar surface area (TPSA) is 52.8 Å². The molecule has 3 nitrogen and oxygen atoms in total. The van der Waals surface area contributed by atoms with Crippen molar-refractivity contribution < 1.29 is 10.3 Å². The Balaban J connectivity index is 2.05. The predicted octanol–water partition coefficient (Wildman–Crippen LogP) is 8.81. The van der Waals surface area contributed by atoms with E-state index in [2.05, 4.69) is 32.9 Å². The largest absolute Gasteiger partial charge is 0.507 e. The SMILES string of the molecule is CC(C)CCCCCCCCCCCCCCC(=NO)c1ccc(C(C)C)cc1O. The van der Waals surface area contributed by atoms with Gasteiger partial charge in [-0.2, -0.15) is 0 Å². The Labute approximate surface area is 186 Å². The fourth-order valence-corrected chi connectivity index (χ4v) is 4.00. The second-order valence-electron chi connectivity index (χ2n) is 9.65. The molecule has 0 aromatic heterocycles. The summed E-state index contributed by atoms with van der Waals surface area (Å²) in [6, 6.07) is 5.68. The van der Waals surface area contributed by atoms with E-state index < -0.39 is 0 Å². The first kappa shape index (κ1) is 26.5. The fourth-order valence-electron chi connectivity index (χ4n) is 4.00. The molecule has 2 N–H and O–H groups in total. The molecule has 0 unspecified atom stereocenters. The molecule has 0 aliphatic carbocycles. The molecule has 0 fully saturated rings. The molecule has 1 rings (SSSR count). The van der Waals surface area contributed by atoms with Crippen molar-refractivity contribution in [1.82, 2.24) is 0 Å². The summed E-state index contributed by atoms with van der Waals surface area (Å²) in [6.07, 6.45) is 17.9. The number of hydrogen-bond acceptors (Lipinski definition) is 3. The number of phenols is 1. The Bertz CT molecular complexity index is 593. The normalized spacial score (nSPS) is 12.3. The van der Waals surface area contributed by atoms with E-state index >= 15 is 0 Å². The van der Waals surface area contributed by atoms with E-state index in [1.807, 2.05) is 12.1 Å². The fraction of sp³-hybridized carbons (Fsp3) is 0.741. The van der Waals surface area contributed by atoms with Gasteiger partial charge in [0.2, 0.25) is 0 Å². The van der Waals surface area contributed by atoms with Gasteiger partial charge in [0.05, 0.1) is 5.71 Å². The third-order valence-electron chi connectivity index (χ3n) is 6.07. The lowest BCUT2D eigenvalue weighted by molar-refractivity contribution is 0.317. The van der Waals surface area contributed by atoms with Crippen LogP contribution in [0.15, 0.2) is 23.4 Å². The molecule has 0 atom stereocenters. The Kier molecular flexibility index (Phi) is 14.3. The molecule has 172 valence electrons. The van der Waals surface area contributed by atoms with Gasteiger partial charge < -0.3 is 10.3 Å². The summed E-state index contributed by atoms with van der Waals surface area (Å²) in [4.78, 5) is 0. The summed E-state index contributed by atoms with van der Waals surface area (Å²) < 4.78 is 0. The molecule has 3 heteroatoms. The van der Waals surface area contributed by atoms with Crippen molar-refractivity contribution in [2.75, 3.05) is 0 Å². The number of nitrogens with zero attached hydrogens (tertiary/aromatic N) is 1. The highest BCUT2D eigenvalue weighted by molar-refractivity contribution is 6.02. The summed E-state index contributed by atoms with van der Waals surface area (Å²) in [7, 11) is 0. The molecule has 30 heavy (non-hydrogen) atoms. The molecule has 1 aromatic rings. The number of oxime groups is 1. The van der Waals surface area contributed by atoms with E-state index in [-0.39, 0.29) is 5.75 Å². The van der Waals surface area contributed by atoms with Crippen molar-refractivity contribution in [1.29, 1.82) is 0 Å². The minimum absolute atomic E-state index is 0.217. The molecule has 0 heterocycles. The molecule has 1 aromatic carbocycles. The van der Waals surface area contributed by atoms with Crippen LogP contribution in [0.3, 0.4) is 0 Å². The van der Waals surface area contributed by atoms with Gasteiger partial charge in [-0.05, 0) is 42.4 Å². The van der Waals surface area contributed by atoms with Crippen molar-refractivity contribution in [3.63, 3.8) is 0 Å².